The monoisotopic (exact) mass is 330 g/mol. The van der Waals surface area contributed by atoms with E-state index in [0.29, 0.717) is 0 Å². The zero-order chi connectivity index (χ0) is 16.2. The smallest absolute Gasteiger partial charge is 0.0241 e. The number of hydrogen-bond donors (Lipinski definition) is 0. The molecule has 138 valence electrons. The molecule has 0 aromatic heterocycles. The topological polar surface area (TPSA) is 0 Å². The lowest BCUT2D eigenvalue weighted by molar-refractivity contribution is -0.0342. The van der Waals surface area contributed by atoms with E-state index < -0.39 is 0 Å². The molecule has 4 aliphatic carbocycles. The van der Waals surface area contributed by atoms with Crippen molar-refractivity contribution in [3.63, 3.8) is 0 Å². The summed E-state index contributed by atoms with van der Waals surface area (Å²) in [5.74, 6) is 4.46. The first kappa shape index (κ1) is 17.4. The van der Waals surface area contributed by atoms with E-state index in [1.807, 2.05) is 0 Å². The molecule has 0 heteroatoms. The minimum atomic E-state index is 0.798. The molecule has 0 aliphatic heterocycles. The second-order valence-corrected chi connectivity index (χ2v) is 10.1. The molecule has 0 atom stereocenters. The maximum absolute atomic E-state index is 1.63. The Labute approximate surface area is 151 Å². The SMILES string of the molecule is C1CCC(C2CCC(C3CCCCC3)(C3CCCCC3)CC2)CC1. The second-order valence-electron chi connectivity index (χ2n) is 10.1. The van der Waals surface area contributed by atoms with Crippen LogP contribution in [0.3, 0.4) is 0 Å². The van der Waals surface area contributed by atoms with Gasteiger partial charge in [0.1, 0.15) is 0 Å². The molecule has 0 aromatic carbocycles. The maximum atomic E-state index is 1.63. The van der Waals surface area contributed by atoms with Crippen molar-refractivity contribution < 1.29 is 0 Å². The molecule has 0 heterocycles. The van der Waals surface area contributed by atoms with Gasteiger partial charge in [-0.3, -0.25) is 0 Å². The van der Waals surface area contributed by atoms with Crippen LogP contribution in [-0.4, -0.2) is 0 Å². The quantitative estimate of drug-likeness (QED) is 0.493. The summed E-state index contributed by atoms with van der Waals surface area (Å²) in [6.07, 6.45) is 29.8. The van der Waals surface area contributed by atoms with Crippen LogP contribution in [0.4, 0.5) is 0 Å². The molecule has 0 bridgehead atoms. The third-order valence-corrected chi connectivity index (χ3v) is 9.11. The van der Waals surface area contributed by atoms with Gasteiger partial charge in [0.05, 0.1) is 0 Å². The minimum Gasteiger partial charge on any atom is -0.0533 e. The molecule has 4 rings (SSSR count). The number of rotatable bonds is 3. The highest BCUT2D eigenvalue weighted by Gasteiger charge is 2.47. The number of hydrogen-bond acceptors (Lipinski definition) is 0. The van der Waals surface area contributed by atoms with Gasteiger partial charge in [0.15, 0.2) is 0 Å². The van der Waals surface area contributed by atoms with Crippen LogP contribution in [0.2, 0.25) is 0 Å². The summed E-state index contributed by atoms with van der Waals surface area (Å²) in [6.45, 7) is 0. The molecule has 4 aliphatic rings. The molecule has 0 radical (unpaired) electrons. The van der Waals surface area contributed by atoms with Crippen LogP contribution >= 0.6 is 0 Å². The van der Waals surface area contributed by atoms with Crippen LogP contribution in [0.15, 0.2) is 0 Å². The summed E-state index contributed by atoms with van der Waals surface area (Å²) >= 11 is 0. The molecule has 4 saturated carbocycles. The first-order chi connectivity index (χ1) is 11.9. The van der Waals surface area contributed by atoms with Gasteiger partial charge < -0.3 is 0 Å². The second kappa shape index (κ2) is 8.13. The standard InChI is InChI=1S/C24H42/c1-4-10-20(11-5-1)21-16-18-24(19-17-21,22-12-6-2-7-13-22)23-14-8-3-9-15-23/h20-23H,1-19H2. The third-order valence-electron chi connectivity index (χ3n) is 9.11. The molecular formula is C24H42. The van der Waals surface area contributed by atoms with E-state index in [1.54, 1.807) is 89.9 Å². The summed E-state index contributed by atoms with van der Waals surface area (Å²) in [5, 5.41) is 0. The zero-order valence-electron chi connectivity index (χ0n) is 16.2. The van der Waals surface area contributed by atoms with Gasteiger partial charge in [0.2, 0.25) is 0 Å². The Morgan fingerprint density at radius 3 is 1.21 bits per heavy atom. The Morgan fingerprint density at radius 1 is 0.375 bits per heavy atom. The summed E-state index contributed by atoms with van der Waals surface area (Å²) in [4.78, 5) is 0. The van der Waals surface area contributed by atoms with Crippen LogP contribution in [0.1, 0.15) is 122 Å². The molecule has 0 spiro atoms. The van der Waals surface area contributed by atoms with Crippen molar-refractivity contribution in [3.05, 3.63) is 0 Å². The van der Waals surface area contributed by atoms with Crippen molar-refractivity contribution in [3.8, 4) is 0 Å². The molecule has 0 N–H and O–H groups in total. The third kappa shape index (κ3) is 3.59. The van der Waals surface area contributed by atoms with E-state index in [0.717, 1.165) is 29.1 Å². The van der Waals surface area contributed by atoms with E-state index in [1.165, 1.54) is 32.1 Å². The van der Waals surface area contributed by atoms with Gasteiger partial charge in [-0.15, -0.1) is 0 Å². The normalized spacial score (nSPS) is 32.0. The van der Waals surface area contributed by atoms with Gasteiger partial charge in [-0.25, -0.2) is 0 Å². The summed E-state index contributed by atoms with van der Waals surface area (Å²) in [5.41, 5.74) is 0.798. The van der Waals surface area contributed by atoms with Gasteiger partial charge in [0, 0.05) is 0 Å². The molecule has 0 saturated heterocycles. The van der Waals surface area contributed by atoms with Crippen LogP contribution in [0.5, 0.6) is 0 Å². The van der Waals surface area contributed by atoms with E-state index >= 15 is 0 Å². The average molecular weight is 331 g/mol. The Balaban J connectivity index is 1.45. The molecule has 0 amide bonds. The molecule has 0 nitrogen and oxygen atoms in total. The Hall–Kier alpha value is 0. The molecular weight excluding hydrogens is 288 g/mol. The van der Waals surface area contributed by atoms with Crippen molar-refractivity contribution in [2.75, 3.05) is 0 Å². The Morgan fingerprint density at radius 2 is 0.750 bits per heavy atom. The predicted octanol–water partition coefficient (Wildman–Crippen LogP) is 7.90. The highest BCUT2D eigenvalue weighted by atomic mass is 14.5. The van der Waals surface area contributed by atoms with E-state index in [-0.39, 0.29) is 0 Å². The van der Waals surface area contributed by atoms with Gasteiger partial charge in [0.25, 0.3) is 0 Å². The van der Waals surface area contributed by atoms with Crippen LogP contribution < -0.4 is 0 Å². The lowest BCUT2D eigenvalue weighted by atomic mass is 9.51. The summed E-state index contributed by atoms with van der Waals surface area (Å²) < 4.78 is 0. The van der Waals surface area contributed by atoms with Gasteiger partial charge in [-0.2, -0.15) is 0 Å². The Bertz CT molecular complexity index is 337. The molecule has 0 aromatic rings. The van der Waals surface area contributed by atoms with Crippen LogP contribution in [0.25, 0.3) is 0 Å². The highest BCUT2D eigenvalue weighted by Crippen LogP contribution is 2.58. The van der Waals surface area contributed by atoms with Crippen molar-refractivity contribution in [2.24, 2.45) is 29.1 Å². The van der Waals surface area contributed by atoms with Gasteiger partial charge in [-0.1, -0.05) is 70.6 Å². The maximum Gasteiger partial charge on any atom is -0.0241 e. The largest absolute Gasteiger partial charge is 0.0533 e. The fourth-order valence-corrected chi connectivity index (χ4v) is 7.76. The lowest BCUT2D eigenvalue weighted by Gasteiger charge is -2.54. The summed E-state index contributed by atoms with van der Waals surface area (Å²) in [7, 11) is 0. The van der Waals surface area contributed by atoms with Crippen molar-refractivity contribution in [1.29, 1.82) is 0 Å². The van der Waals surface area contributed by atoms with Gasteiger partial charge >= 0.3 is 0 Å². The fourth-order valence-electron chi connectivity index (χ4n) is 7.76. The predicted molar refractivity (Wildman–Crippen MR) is 104 cm³/mol. The first-order valence-corrected chi connectivity index (χ1v) is 11.9. The molecule has 4 fully saturated rings. The zero-order valence-corrected chi connectivity index (χ0v) is 16.2. The van der Waals surface area contributed by atoms with E-state index in [9.17, 15) is 0 Å². The van der Waals surface area contributed by atoms with Crippen molar-refractivity contribution in [1.82, 2.24) is 0 Å². The van der Waals surface area contributed by atoms with E-state index in [4.69, 9.17) is 0 Å². The highest BCUT2D eigenvalue weighted by molar-refractivity contribution is 4.98. The van der Waals surface area contributed by atoms with E-state index in [2.05, 4.69) is 0 Å². The van der Waals surface area contributed by atoms with Gasteiger partial charge in [-0.05, 0) is 80.5 Å². The summed E-state index contributed by atoms with van der Waals surface area (Å²) in [6, 6.07) is 0. The Kier molecular flexibility index (Phi) is 5.90. The first-order valence-electron chi connectivity index (χ1n) is 11.9. The average Bonchev–Trinajstić information content (AvgIpc) is 2.70. The van der Waals surface area contributed by atoms with Crippen LogP contribution in [0, 0.1) is 29.1 Å². The minimum absolute atomic E-state index is 0.798. The van der Waals surface area contributed by atoms with Crippen LogP contribution in [-0.2, 0) is 0 Å². The molecule has 24 heavy (non-hydrogen) atoms. The molecule has 0 unspecified atom stereocenters. The van der Waals surface area contributed by atoms with Crippen molar-refractivity contribution >= 4 is 0 Å². The van der Waals surface area contributed by atoms with Crippen molar-refractivity contribution in [2.45, 2.75) is 122 Å². The lowest BCUT2D eigenvalue weighted by Crippen LogP contribution is -2.44. The fraction of sp³-hybridized carbons (Fsp3) is 1.00.